The summed E-state index contributed by atoms with van der Waals surface area (Å²) in [5.41, 5.74) is 0.0611. The Balaban J connectivity index is 2.30. The zero-order chi connectivity index (χ0) is 8.60. The van der Waals surface area contributed by atoms with Gasteiger partial charge in [-0.15, -0.1) is 0 Å². The summed E-state index contributed by atoms with van der Waals surface area (Å²) in [6.07, 6.45) is 2.97. The molecule has 2 rings (SSSR count). The minimum atomic E-state index is -1.10. The van der Waals surface area contributed by atoms with Gasteiger partial charge in [-0.3, -0.25) is 4.79 Å². The molecule has 61 valence electrons. The maximum absolute atomic E-state index is 13.4. The molecule has 0 spiro atoms. The molecular weight excluding hydrogens is 155 g/mol. The third kappa shape index (κ3) is 1.13. The number of carbonyl (C=O) groups excluding carboxylic acids is 1. The minimum absolute atomic E-state index is 0.475. The Morgan fingerprint density at radius 3 is 2.25 bits per heavy atom. The van der Waals surface area contributed by atoms with E-state index >= 15 is 0 Å². The Morgan fingerprint density at radius 1 is 1.25 bits per heavy atom. The lowest BCUT2D eigenvalue weighted by atomic mass is 10.1. The zero-order valence-corrected chi connectivity index (χ0v) is 6.51. The number of benzene rings is 1. The van der Waals surface area contributed by atoms with Crippen LogP contribution < -0.4 is 0 Å². The van der Waals surface area contributed by atoms with Gasteiger partial charge in [0.15, 0.2) is 0 Å². The lowest BCUT2D eigenvalue weighted by Crippen LogP contribution is -1.96. The second kappa shape index (κ2) is 2.41. The normalized spacial score (nSPS) is 18.8. The summed E-state index contributed by atoms with van der Waals surface area (Å²) in [4.78, 5) is 10.2. The van der Waals surface area contributed by atoms with Gasteiger partial charge in [-0.05, 0) is 18.4 Å². The first-order chi connectivity index (χ1) is 5.74. The molecule has 1 saturated carbocycles. The van der Waals surface area contributed by atoms with Crippen molar-refractivity contribution in [1.29, 1.82) is 0 Å². The predicted molar refractivity (Wildman–Crippen MR) is 43.3 cm³/mol. The number of hydrogen-bond donors (Lipinski definition) is 0. The van der Waals surface area contributed by atoms with Crippen molar-refractivity contribution in [2.45, 2.75) is 18.5 Å². The number of halogens is 1. The molecule has 1 nitrogen and oxygen atoms in total. The van der Waals surface area contributed by atoms with Gasteiger partial charge in [-0.25, -0.2) is 4.39 Å². The van der Waals surface area contributed by atoms with E-state index in [2.05, 4.69) is 0 Å². The van der Waals surface area contributed by atoms with Crippen LogP contribution in [0.2, 0.25) is 0 Å². The standard InChI is InChI=1S/C10H8FO/c11-10(5-6-10)9-3-1-8(7-12)2-4-9/h1-4H,5-6H2. The maximum Gasteiger partial charge on any atom is 0.233 e. The topological polar surface area (TPSA) is 17.1 Å². The average molecular weight is 163 g/mol. The van der Waals surface area contributed by atoms with Gasteiger partial charge in [0.2, 0.25) is 6.29 Å². The SMILES string of the molecule is O=[C]c1ccc(C2(F)CC2)cc1. The highest BCUT2D eigenvalue weighted by molar-refractivity contribution is 5.75. The zero-order valence-electron chi connectivity index (χ0n) is 6.51. The first-order valence-electron chi connectivity index (χ1n) is 3.92. The molecule has 0 saturated heterocycles. The predicted octanol–water partition coefficient (Wildman–Crippen LogP) is 2.10. The third-order valence-electron chi connectivity index (χ3n) is 2.21. The van der Waals surface area contributed by atoms with E-state index in [0.29, 0.717) is 24.0 Å². The van der Waals surface area contributed by atoms with Gasteiger partial charge in [0.05, 0.1) is 0 Å². The smallest absolute Gasteiger partial charge is 0.233 e. The summed E-state index contributed by atoms with van der Waals surface area (Å²) in [6, 6.07) is 6.52. The molecule has 1 radical (unpaired) electrons. The van der Waals surface area contributed by atoms with Crippen molar-refractivity contribution in [1.82, 2.24) is 0 Å². The quantitative estimate of drug-likeness (QED) is 0.652. The Hall–Kier alpha value is -1.18. The lowest BCUT2D eigenvalue weighted by Gasteiger charge is -2.03. The Morgan fingerprint density at radius 2 is 1.83 bits per heavy atom. The molecule has 1 aliphatic rings. The van der Waals surface area contributed by atoms with E-state index in [1.54, 1.807) is 30.6 Å². The van der Waals surface area contributed by atoms with Gasteiger partial charge >= 0.3 is 0 Å². The van der Waals surface area contributed by atoms with Crippen LogP contribution in [0.25, 0.3) is 0 Å². The molecule has 2 heteroatoms. The molecule has 0 amide bonds. The van der Waals surface area contributed by atoms with Crippen molar-refractivity contribution in [2.24, 2.45) is 0 Å². The van der Waals surface area contributed by atoms with Crippen LogP contribution in [0.5, 0.6) is 0 Å². The molecule has 0 unspecified atom stereocenters. The number of rotatable bonds is 2. The maximum atomic E-state index is 13.4. The van der Waals surface area contributed by atoms with Crippen molar-refractivity contribution < 1.29 is 9.18 Å². The minimum Gasteiger partial charge on any atom is -0.285 e. The second-order valence-corrected chi connectivity index (χ2v) is 3.14. The molecule has 0 heterocycles. The summed E-state index contributed by atoms with van der Waals surface area (Å²) in [6.45, 7) is 0. The summed E-state index contributed by atoms with van der Waals surface area (Å²) >= 11 is 0. The van der Waals surface area contributed by atoms with Crippen LogP contribution in [-0.4, -0.2) is 6.29 Å². The van der Waals surface area contributed by atoms with Gasteiger partial charge in [-0.2, -0.15) is 0 Å². The van der Waals surface area contributed by atoms with Crippen LogP contribution in [0.1, 0.15) is 24.0 Å². The van der Waals surface area contributed by atoms with Gasteiger partial charge < -0.3 is 0 Å². The summed E-state index contributed by atoms with van der Waals surface area (Å²) in [5, 5.41) is 0. The molecule has 1 aromatic rings. The van der Waals surface area contributed by atoms with Crippen molar-refractivity contribution >= 4 is 6.29 Å². The second-order valence-electron chi connectivity index (χ2n) is 3.14. The molecule has 12 heavy (non-hydrogen) atoms. The van der Waals surface area contributed by atoms with Gasteiger partial charge in [-0.1, -0.05) is 24.3 Å². The fourth-order valence-electron chi connectivity index (χ4n) is 1.24. The fraction of sp³-hybridized carbons (Fsp3) is 0.300. The van der Waals surface area contributed by atoms with E-state index in [-0.39, 0.29) is 0 Å². The third-order valence-corrected chi connectivity index (χ3v) is 2.21. The largest absolute Gasteiger partial charge is 0.285 e. The Labute approximate surface area is 70.2 Å². The first-order valence-corrected chi connectivity index (χ1v) is 3.92. The van der Waals surface area contributed by atoms with Crippen molar-refractivity contribution in [3.8, 4) is 0 Å². The van der Waals surface area contributed by atoms with E-state index in [4.69, 9.17) is 0 Å². The van der Waals surface area contributed by atoms with Gasteiger partial charge in [0.1, 0.15) is 5.67 Å². The van der Waals surface area contributed by atoms with E-state index in [1.807, 2.05) is 0 Å². The van der Waals surface area contributed by atoms with E-state index in [0.717, 1.165) is 0 Å². The van der Waals surface area contributed by atoms with Crippen molar-refractivity contribution in [3.05, 3.63) is 35.4 Å². The van der Waals surface area contributed by atoms with Crippen LogP contribution in [0.15, 0.2) is 24.3 Å². The number of alkyl halides is 1. The van der Waals surface area contributed by atoms with Crippen LogP contribution in [0.4, 0.5) is 4.39 Å². The molecule has 0 aromatic heterocycles. The molecule has 0 N–H and O–H groups in total. The Kier molecular flexibility index (Phi) is 1.50. The van der Waals surface area contributed by atoms with Crippen molar-refractivity contribution in [3.63, 3.8) is 0 Å². The number of hydrogen-bond acceptors (Lipinski definition) is 1. The van der Waals surface area contributed by atoms with Crippen molar-refractivity contribution in [2.75, 3.05) is 0 Å². The molecule has 0 bridgehead atoms. The highest BCUT2D eigenvalue weighted by Crippen LogP contribution is 2.49. The average Bonchev–Trinajstić information content (AvgIpc) is 2.85. The summed E-state index contributed by atoms with van der Waals surface area (Å²) in [5.74, 6) is 0. The highest BCUT2D eigenvalue weighted by atomic mass is 19.1. The summed E-state index contributed by atoms with van der Waals surface area (Å²) in [7, 11) is 0. The van der Waals surface area contributed by atoms with Crippen LogP contribution in [0, 0.1) is 0 Å². The van der Waals surface area contributed by atoms with E-state index < -0.39 is 5.67 Å². The molecule has 1 aromatic carbocycles. The van der Waals surface area contributed by atoms with Crippen LogP contribution in [0.3, 0.4) is 0 Å². The highest BCUT2D eigenvalue weighted by Gasteiger charge is 2.44. The molecule has 0 atom stereocenters. The first kappa shape index (κ1) is 7.47. The van der Waals surface area contributed by atoms with E-state index in [1.165, 1.54) is 0 Å². The van der Waals surface area contributed by atoms with E-state index in [9.17, 15) is 9.18 Å². The molecule has 1 aliphatic carbocycles. The van der Waals surface area contributed by atoms with Crippen LogP contribution in [-0.2, 0) is 10.5 Å². The Bertz CT molecular complexity index is 298. The van der Waals surface area contributed by atoms with Gasteiger partial charge in [0, 0.05) is 5.56 Å². The molecule has 0 aliphatic heterocycles. The monoisotopic (exact) mass is 163 g/mol. The van der Waals surface area contributed by atoms with Crippen LogP contribution >= 0.6 is 0 Å². The summed E-state index contributed by atoms with van der Waals surface area (Å²) < 4.78 is 13.4. The van der Waals surface area contributed by atoms with Gasteiger partial charge in [0.25, 0.3) is 0 Å². The fourth-order valence-corrected chi connectivity index (χ4v) is 1.24. The molecular formula is C10H8FO. The molecule has 1 fully saturated rings. The lowest BCUT2D eigenvalue weighted by molar-refractivity contribution is 0.317.